The molecule has 0 spiro atoms. The molecule has 0 aromatic heterocycles. The second-order valence-electron chi connectivity index (χ2n) is 14.5. The summed E-state index contributed by atoms with van der Waals surface area (Å²) >= 11 is 0. The van der Waals surface area contributed by atoms with E-state index in [1.54, 1.807) is 14.2 Å². The molecule has 0 unspecified atom stereocenters. The smallest absolute Gasteiger partial charge is 0.471 e. The Kier molecular flexibility index (Phi) is 12.0. The summed E-state index contributed by atoms with van der Waals surface area (Å²) in [5.41, 5.74) is 7.60. The lowest BCUT2D eigenvalue weighted by Crippen LogP contribution is -2.50. The van der Waals surface area contributed by atoms with Crippen molar-refractivity contribution >= 4 is 11.8 Å². The largest absolute Gasteiger partial charge is 0.493 e. The number of fused-ring (bicyclic) bond motifs is 1. The van der Waals surface area contributed by atoms with Crippen LogP contribution in [0.1, 0.15) is 65.0 Å². The number of nitrogens with zero attached hydrogens (tertiary/aromatic N) is 2. The number of ether oxygens (including phenoxy) is 4. The number of nitrogens with one attached hydrogen (secondary N) is 1. The van der Waals surface area contributed by atoms with E-state index in [2.05, 4.69) is 22.3 Å². The van der Waals surface area contributed by atoms with Crippen LogP contribution in [-0.4, -0.2) is 78.9 Å². The summed E-state index contributed by atoms with van der Waals surface area (Å²) in [6.07, 6.45) is -4.10. The van der Waals surface area contributed by atoms with Crippen LogP contribution in [0.15, 0.2) is 84.9 Å². The van der Waals surface area contributed by atoms with Gasteiger partial charge in [-0.1, -0.05) is 60.7 Å². The predicted molar refractivity (Wildman–Crippen MR) is 201 cm³/mol. The molecule has 296 valence electrons. The Morgan fingerprint density at radius 2 is 1.57 bits per heavy atom. The quantitative estimate of drug-likeness (QED) is 0.175. The number of aliphatic hydroxyl groups excluding tert-OH is 1. The van der Waals surface area contributed by atoms with Crippen LogP contribution in [0, 0.1) is 0 Å². The predicted octanol–water partition coefficient (Wildman–Crippen LogP) is 6.64. The summed E-state index contributed by atoms with van der Waals surface area (Å²) < 4.78 is 63.8. The Morgan fingerprint density at radius 3 is 2.29 bits per heavy atom. The number of likely N-dealkylation sites (tertiary alicyclic amines) is 1. The van der Waals surface area contributed by atoms with Crippen molar-refractivity contribution < 1.29 is 46.8 Å². The van der Waals surface area contributed by atoms with Crippen molar-refractivity contribution in [3.8, 4) is 22.6 Å². The minimum Gasteiger partial charge on any atom is -0.493 e. The molecule has 2 N–H and O–H groups in total. The SMILES string of the molecule is COc1cc2c(cc1OC)CN(C[C@@H]1C[C@H](c3ccc(CO)cc3)O[C@H](c3cccc(-c4cccc(CNC(=O)[C@@H]5CCCN5C(=O)C(F)(F)F)c4)c3)O1)CC2. The molecule has 4 aromatic rings. The van der Waals surface area contributed by atoms with Gasteiger partial charge in [-0.15, -0.1) is 0 Å². The molecule has 3 heterocycles. The first-order valence-corrected chi connectivity index (χ1v) is 18.8. The molecule has 56 heavy (non-hydrogen) atoms. The molecule has 0 radical (unpaired) electrons. The molecule has 4 aromatic carbocycles. The summed E-state index contributed by atoms with van der Waals surface area (Å²) in [5, 5.41) is 12.4. The van der Waals surface area contributed by atoms with Gasteiger partial charge in [-0.2, -0.15) is 13.2 Å². The van der Waals surface area contributed by atoms with E-state index in [0.29, 0.717) is 30.0 Å². The number of halogens is 3. The Bertz CT molecular complexity index is 2020. The molecule has 0 saturated carbocycles. The van der Waals surface area contributed by atoms with E-state index in [1.165, 1.54) is 11.1 Å². The third-order valence-electron chi connectivity index (χ3n) is 10.8. The van der Waals surface area contributed by atoms with Crippen LogP contribution in [0.25, 0.3) is 11.1 Å². The Labute approximate surface area is 324 Å². The van der Waals surface area contributed by atoms with Crippen LogP contribution in [0.4, 0.5) is 13.2 Å². The lowest BCUT2D eigenvalue weighted by molar-refractivity contribution is -0.253. The molecule has 3 aliphatic rings. The fourth-order valence-corrected chi connectivity index (χ4v) is 7.90. The van der Waals surface area contributed by atoms with Crippen LogP contribution in [0.5, 0.6) is 11.5 Å². The molecule has 3 aliphatic heterocycles. The van der Waals surface area contributed by atoms with Crippen LogP contribution in [-0.2, 0) is 45.2 Å². The molecule has 10 nitrogen and oxygen atoms in total. The number of hydrogen-bond acceptors (Lipinski definition) is 8. The van der Waals surface area contributed by atoms with Gasteiger partial charge >= 0.3 is 12.1 Å². The van der Waals surface area contributed by atoms with Crippen molar-refractivity contribution in [1.82, 2.24) is 15.1 Å². The Balaban J connectivity index is 1.07. The van der Waals surface area contributed by atoms with E-state index in [9.17, 15) is 27.9 Å². The van der Waals surface area contributed by atoms with E-state index in [0.717, 1.165) is 58.6 Å². The highest BCUT2D eigenvalue weighted by molar-refractivity contribution is 5.90. The maximum absolute atomic E-state index is 13.1. The maximum atomic E-state index is 13.1. The normalized spacial score (nSPS) is 21.4. The lowest BCUT2D eigenvalue weighted by atomic mass is 9.96. The van der Waals surface area contributed by atoms with Gasteiger partial charge in [0.1, 0.15) is 6.04 Å². The first-order chi connectivity index (χ1) is 27.0. The monoisotopic (exact) mass is 773 g/mol. The van der Waals surface area contributed by atoms with E-state index < -0.39 is 30.3 Å². The third kappa shape index (κ3) is 8.86. The highest BCUT2D eigenvalue weighted by atomic mass is 19.4. The number of carbonyl (C=O) groups excluding carboxylic acids is 2. The summed E-state index contributed by atoms with van der Waals surface area (Å²) in [6.45, 7) is 2.23. The van der Waals surface area contributed by atoms with Gasteiger partial charge in [0.25, 0.3) is 0 Å². The maximum Gasteiger partial charge on any atom is 0.471 e. The molecule has 2 fully saturated rings. The van der Waals surface area contributed by atoms with Gasteiger partial charge in [-0.25, -0.2) is 0 Å². The minimum absolute atomic E-state index is 0.0459. The molecule has 13 heteroatoms. The number of aliphatic hydroxyl groups is 1. The number of alkyl halides is 3. The lowest BCUT2D eigenvalue weighted by Gasteiger charge is -2.39. The van der Waals surface area contributed by atoms with Crippen molar-refractivity contribution in [2.45, 2.75) is 76.1 Å². The first-order valence-electron chi connectivity index (χ1n) is 18.8. The average Bonchev–Trinajstić information content (AvgIpc) is 3.72. The van der Waals surface area contributed by atoms with E-state index in [4.69, 9.17) is 18.9 Å². The van der Waals surface area contributed by atoms with Crippen LogP contribution < -0.4 is 14.8 Å². The van der Waals surface area contributed by atoms with Gasteiger partial charge in [0.05, 0.1) is 33.0 Å². The minimum atomic E-state index is -5.03. The number of benzene rings is 4. The molecular formula is C43H46F3N3O7. The fourth-order valence-electron chi connectivity index (χ4n) is 7.90. The molecule has 2 amide bonds. The van der Waals surface area contributed by atoms with Gasteiger partial charge < -0.3 is 34.3 Å². The Hall–Kier alpha value is -4.95. The highest BCUT2D eigenvalue weighted by Crippen LogP contribution is 2.40. The molecule has 0 aliphatic carbocycles. The molecule has 2 saturated heterocycles. The van der Waals surface area contributed by atoms with Gasteiger partial charge in [0, 0.05) is 44.7 Å². The van der Waals surface area contributed by atoms with Gasteiger partial charge in [-0.05, 0) is 82.5 Å². The van der Waals surface area contributed by atoms with Gasteiger partial charge in [0.2, 0.25) is 5.91 Å². The summed E-state index contributed by atoms with van der Waals surface area (Å²) in [4.78, 5) is 27.8. The highest BCUT2D eigenvalue weighted by Gasteiger charge is 2.47. The number of hydrogen-bond donors (Lipinski definition) is 2. The van der Waals surface area contributed by atoms with Crippen LogP contribution in [0.3, 0.4) is 0 Å². The number of rotatable bonds is 11. The van der Waals surface area contributed by atoms with Crippen molar-refractivity contribution in [2.75, 3.05) is 33.9 Å². The standard InChI is InChI=1S/C43H46F3N3O7/c1-53-38-20-32-15-17-48(24-34(32)21-39(38)54-2)25-35-22-37(29-13-11-27(26-50)12-14-29)56-41(55-35)33-9-4-8-31(19-33)30-7-3-6-28(18-30)23-47-40(51)36-10-5-16-49(36)42(52)43(44,45)46/h3-4,6-9,11-14,18-21,35-37,41,50H,5,10,15-17,22-26H2,1-2H3,(H,47,51)/t35-,36-,37+,41+/m0/s1. The third-order valence-corrected chi connectivity index (χ3v) is 10.8. The summed E-state index contributed by atoms with van der Waals surface area (Å²) in [7, 11) is 3.29. The number of carbonyl (C=O) groups is 2. The molecule has 7 rings (SSSR count). The van der Waals surface area contributed by atoms with E-state index in [-0.39, 0.29) is 38.3 Å². The summed E-state index contributed by atoms with van der Waals surface area (Å²) in [6, 6.07) is 26.2. The zero-order chi connectivity index (χ0) is 39.4. The van der Waals surface area contributed by atoms with Crippen LogP contribution >= 0.6 is 0 Å². The Morgan fingerprint density at radius 1 is 0.857 bits per heavy atom. The van der Waals surface area contributed by atoms with E-state index in [1.807, 2.05) is 72.8 Å². The zero-order valence-corrected chi connectivity index (χ0v) is 31.4. The van der Waals surface area contributed by atoms with Crippen molar-refractivity contribution in [2.24, 2.45) is 0 Å². The topological polar surface area (TPSA) is 110 Å². The summed E-state index contributed by atoms with van der Waals surface area (Å²) in [5.74, 6) is -1.17. The fraction of sp³-hybridized carbons (Fsp3) is 0.395. The number of amides is 2. The van der Waals surface area contributed by atoms with Crippen molar-refractivity contribution in [1.29, 1.82) is 0 Å². The van der Waals surface area contributed by atoms with Gasteiger partial charge in [-0.3, -0.25) is 14.5 Å². The zero-order valence-electron chi connectivity index (χ0n) is 31.4. The van der Waals surface area contributed by atoms with E-state index >= 15 is 0 Å². The van der Waals surface area contributed by atoms with Crippen LogP contribution in [0.2, 0.25) is 0 Å². The molecule has 0 bridgehead atoms. The molecular weight excluding hydrogens is 727 g/mol. The molecule has 4 atom stereocenters. The first kappa shape index (κ1) is 39.3. The second-order valence-corrected chi connectivity index (χ2v) is 14.5. The average molecular weight is 774 g/mol. The number of methoxy groups -OCH3 is 2. The van der Waals surface area contributed by atoms with Crippen molar-refractivity contribution in [3.05, 3.63) is 118 Å². The second kappa shape index (κ2) is 17.0. The van der Waals surface area contributed by atoms with Crippen molar-refractivity contribution in [3.63, 3.8) is 0 Å². The van der Waals surface area contributed by atoms with Gasteiger partial charge in [0.15, 0.2) is 17.8 Å².